The highest BCUT2D eigenvalue weighted by atomic mass is 19.4. The van der Waals surface area contributed by atoms with Gasteiger partial charge in [-0.1, -0.05) is 0 Å². The molecule has 7 heteroatoms. The molecule has 0 saturated heterocycles. The second kappa shape index (κ2) is 5.43. The van der Waals surface area contributed by atoms with E-state index in [1.54, 1.807) is 0 Å². The Morgan fingerprint density at radius 2 is 1.67 bits per heavy atom. The van der Waals surface area contributed by atoms with E-state index in [2.05, 4.69) is 5.32 Å². The Kier molecular flexibility index (Phi) is 3.84. The standard InChI is InChI=1S/C14H9F4NO2/c15-12-6-1-8(14(16,17)18)7-11(12)13(21)19-9-2-4-10(20)5-3-9/h1-7,20H,(H,19,21). The van der Waals surface area contributed by atoms with Gasteiger partial charge in [0, 0.05) is 5.69 Å². The normalized spacial score (nSPS) is 11.2. The zero-order valence-corrected chi connectivity index (χ0v) is 10.4. The van der Waals surface area contributed by atoms with E-state index in [-0.39, 0.29) is 11.4 Å². The molecule has 0 aliphatic heterocycles. The molecule has 0 saturated carbocycles. The molecule has 2 aromatic rings. The largest absolute Gasteiger partial charge is 0.508 e. The number of aromatic hydroxyl groups is 1. The fourth-order valence-electron chi connectivity index (χ4n) is 1.62. The molecule has 110 valence electrons. The van der Waals surface area contributed by atoms with Crippen molar-refractivity contribution in [3.63, 3.8) is 0 Å². The van der Waals surface area contributed by atoms with Gasteiger partial charge in [0.1, 0.15) is 11.6 Å². The molecule has 1 amide bonds. The fraction of sp³-hybridized carbons (Fsp3) is 0.0714. The van der Waals surface area contributed by atoms with Crippen molar-refractivity contribution in [3.8, 4) is 5.75 Å². The van der Waals surface area contributed by atoms with Crippen molar-refractivity contribution in [2.45, 2.75) is 6.18 Å². The molecule has 3 nitrogen and oxygen atoms in total. The van der Waals surface area contributed by atoms with E-state index in [9.17, 15) is 22.4 Å². The van der Waals surface area contributed by atoms with E-state index in [0.717, 1.165) is 0 Å². The van der Waals surface area contributed by atoms with E-state index >= 15 is 0 Å². The van der Waals surface area contributed by atoms with Crippen LogP contribution >= 0.6 is 0 Å². The topological polar surface area (TPSA) is 49.3 Å². The van der Waals surface area contributed by atoms with Gasteiger partial charge in [-0.05, 0) is 42.5 Å². The number of anilines is 1. The van der Waals surface area contributed by atoms with Crippen molar-refractivity contribution in [1.29, 1.82) is 0 Å². The van der Waals surface area contributed by atoms with Gasteiger partial charge in [-0.2, -0.15) is 13.2 Å². The van der Waals surface area contributed by atoms with Gasteiger partial charge in [-0.15, -0.1) is 0 Å². The number of phenolic OH excluding ortho intramolecular Hbond substituents is 1. The van der Waals surface area contributed by atoms with Crippen LogP contribution in [-0.4, -0.2) is 11.0 Å². The predicted molar refractivity (Wildman–Crippen MR) is 67.5 cm³/mol. The zero-order chi connectivity index (χ0) is 15.6. The number of hydrogen-bond donors (Lipinski definition) is 2. The number of alkyl halides is 3. The maximum atomic E-state index is 13.5. The third-order valence-electron chi connectivity index (χ3n) is 2.66. The van der Waals surface area contributed by atoms with E-state index in [1.165, 1.54) is 24.3 Å². The fourth-order valence-corrected chi connectivity index (χ4v) is 1.62. The molecule has 0 aromatic heterocycles. The van der Waals surface area contributed by atoms with Crippen LogP contribution in [0.2, 0.25) is 0 Å². The summed E-state index contributed by atoms with van der Waals surface area (Å²) in [5, 5.41) is 11.3. The van der Waals surface area contributed by atoms with Crippen LogP contribution in [0.4, 0.5) is 23.2 Å². The second-order valence-corrected chi connectivity index (χ2v) is 4.19. The van der Waals surface area contributed by atoms with Crippen molar-refractivity contribution in [2.24, 2.45) is 0 Å². The molecule has 0 fully saturated rings. The van der Waals surface area contributed by atoms with E-state index in [4.69, 9.17) is 5.11 Å². The first-order valence-corrected chi connectivity index (χ1v) is 5.74. The summed E-state index contributed by atoms with van der Waals surface area (Å²) in [6, 6.07) is 6.82. The number of halogens is 4. The predicted octanol–water partition coefficient (Wildman–Crippen LogP) is 3.80. The highest BCUT2D eigenvalue weighted by Gasteiger charge is 2.31. The summed E-state index contributed by atoms with van der Waals surface area (Å²) in [4.78, 5) is 11.8. The van der Waals surface area contributed by atoms with Crippen LogP contribution in [0, 0.1) is 5.82 Å². The van der Waals surface area contributed by atoms with Crippen LogP contribution in [0.1, 0.15) is 15.9 Å². The first kappa shape index (κ1) is 14.8. The molecule has 2 N–H and O–H groups in total. The molecular weight excluding hydrogens is 290 g/mol. The smallest absolute Gasteiger partial charge is 0.416 e. The molecule has 2 rings (SSSR count). The average Bonchev–Trinajstić information content (AvgIpc) is 2.40. The monoisotopic (exact) mass is 299 g/mol. The Morgan fingerprint density at radius 1 is 1.05 bits per heavy atom. The number of carbonyl (C=O) groups excluding carboxylic acids is 1. The summed E-state index contributed by atoms with van der Waals surface area (Å²) < 4.78 is 51.2. The summed E-state index contributed by atoms with van der Waals surface area (Å²) in [5.74, 6) is -2.11. The van der Waals surface area contributed by atoms with Crippen LogP contribution in [0.3, 0.4) is 0 Å². The highest BCUT2D eigenvalue weighted by molar-refractivity contribution is 6.04. The zero-order valence-electron chi connectivity index (χ0n) is 10.4. The molecule has 2 aromatic carbocycles. The maximum absolute atomic E-state index is 13.5. The molecule has 0 bridgehead atoms. The number of benzene rings is 2. The Bertz CT molecular complexity index is 666. The second-order valence-electron chi connectivity index (χ2n) is 4.19. The molecule has 0 aliphatic carbocycles. The van der Waals surface area contributed by atoms with Gasteiger partial charge in [-0.3, -0.25) is 4.79 Å². The van der Waals surface area contributed by atoms with Crippen molar-refractivity contribution < 1.29 is 27.5 Å². The minimum Gasteiger partial charge on any atom is -0.508 e. The Hall–Kier alpha value is -2.57. The lowest BCUT2D eigenvalue weighted by molar-refractivity contribution is -0.137. The van der Waals surface area contributed by atoms with Crippen molar-refractivity contribution in [1.82, 2.24) is 0 Å². The van der Waals surface area contributed by atoms with E-state index in [0.29, 0.717) is 18.2 Å². The van der Waals surface area contributed by atoms with Gasteiger partial charge < -0.3 is 10.4 Å². The van der Waals surface area contributed by atoms with Gasteiger partial charge in [0.15, 0.2) is 0 Å². The minimum atomic E-state index is -4.67. The number of phenols is 1. The quantitative estimate of drug-likeness (QED) is 0.654. The lowest BCUT2D eigenvalue weighted by atomic mass is 10.1. The van der Waals surface area contributed by atoms with E-state index < -0.39 is 29.0 Å². The maximum Gasteiger partial charge on any atom is 0.416 e. The lowest BCUT2D eigenvalue weighted by Crippen LogP contribution is -2.15. The third-order valence-corrected chi connectivity index (χ3v) is 2.66. The van der Waals surface area contributed by atoms with Gasteiger partial charge in [0.25, 0.3) is 5.91 Å². The molecule has 0 unspecified atom stereocenters. The van der Waals surface area contributed by atoms with Crippen LogP contribution in [0.5, 0.6) is 5.75 Å². The summed E-state index contributed by atoms with van der Waals surface area (Å²) in [6.45, 7) is 0. The molecule has 0 radical (unpaired) electrons. The van der Waals surface area contributed by atoms with Gasteiger partial charge in [-0.25, -0.2) is 4.39 Å². The Balaban J connectivity index is 2.28. The summed E-state index contributed by atoms with van der Waals surface area (Å²) in [5.41, 5.74) is -1.60. The number of carbonyl (C=O) groups is 1. The van der Waals surface area contributed by atoms with Gasteiger partial charge in [0.05, 0.1) is 11.1 Å². The van der Waals surface area contributed by atoms with Crippen molar-refractivity contribution in [2.75, 3.05) is 5.32 Å². The molecule has 0 aliphatic rings. The van der Waals surface area contributed by atoms with E-state index in [1.807, 2.05) is 0 Å². The van der Waals surface area contributed by atoms with Gasteiger partial charge >= 0.3 is 6.18 Å². The summed E-state index contributed by atoms with van der Waals surface area (Å²) >= 11 is 0. The number of nitrogens with one attached hydrogen (secondary N) is 1. The molecule has 0 spiro atoms. The highest BCUT2D eigenvalue weighted by Crippen LogP contribution is 2.30. The van der Waals surface area contributed by atoms with Crippen LogP contribution in [0.25, 0.3) is 0 Å². The van der Waals surface area contributed by atoms with Crippen molar-refractivity contribution >= 4 is 11.6 Å². The third kappa shape index (κ3) is 3.50. The number of rotatable bonds is 2. The summed E-state index contributed by atoms with van der Waals surface area (Å²) in [7, 11) is 0. The first-order chi connectivity index (χ1) is 9.77. The van der Waals surface area contributed by atoms with Crippen LogP contribution in [0.15, 0.2) is 42.5 Å². The van der Waals surface area contributed by atoms with Crippen LogP contribution < -0.4 is 5.32 Å². The average molecular weight is 299 g/mol. The SMILES string of the molecule is O=C(Nc1ccc(O)cc1)c1cc(C(F)(F)F)ccc1F. The number of hydrogen-bond acceptors (Lipinski definition) is 2. The summed E-state index contributed by atoms with van der Waals surface area (Å²) in [6.07, 6.45) is -4.67. The van der Waals surface area contributed by atoms with Crippen LogP contribution in [-0.2, 0) is 6.18 Å². The molecule has 21 heavy (non-hydrogen) atoms. The Morgan fingerprint density at radius 3 is 2.24 bits per heavy atom. The number of amides is 1. The van der Waals surface area contributed by atoms with Crippen molar-refractivity contribution in [3.05, 3.63) is 59.4 Å². The molecule has 0 heterocycles. The lowest BCUT2D eigenvalue weighted by Gasteiger charge is -2.10. The molecule has 0 atom stereocenters. The minimum absolute atomic E-state index is 0.0433. The van der Waals surface area contributed by atoms with Gasteiger partial charge in [0.2, 0.25) is 0 Å². The first-order valence-electron chi connectivity index (χ1n) is 5.74. The molecular formula is C14H9F4NO2. The Labute approximate surface area is 116 Å².